The van der Waals surface area contributed by atoms with Crippen molar-refractivity contribution in [2.75, 3.05) is 37.7 Å². The van der Waals surface area contributed by atoms with Gasteiger partial charge in [-0.1, -0.05) is 6.07 Å². The molecule has 3 heterocycles. The Bertz CT molecular complexity index is 852. The molecular formula is C22H28N4O2. The number of hydrogen-bond donors (Lipinski definition) is 0. The van der Waals surface area contributed by atoms with Gasteiger partial charge in [0, 0.05) is 38.3 Å². The van der Waals surface area contributed by atoms with Crippen molar-refractivity contribution in [1.29, 1.82) is 0 Å². The molecule has 0 saturated carbocycles. The second-order valence-corrected chi connectivity index (χ2v) is 7.84. The van der Waals surface area contributed by atoms with Crippen LogP contribution in [0.15, 0.2) is 24.3 Å². The molecule has 1 unspecified atom stereocenters. The molecule has 0 radical (unpaired) electrons. The van der Waals surface area contributed by atoms with Crippen LogP contribution in [0.2, 0.25) is 0 Å². The molecule has 0 aliphatic carbocycles. The lowest BCUT2D eigenvalue weighted by Crippen LogP contribution is -2.51. The molecule has 1 atom stereocenters. The molecule has 6 heteroatoms. The number of rotatable bonds is 3. The lowest BCUT2D eigenvalue weighted by atomic mass is 9.99. The highest BCUT2D eigenvalue weighted by Crippen LogP contribution is 2.26. The van der Waals surface area contributed by atoms with E-state index in [4.69, 9.17) is 4.74 Å². The Morgan fingerprint density at radius 1 is 1.00 bits per heavy atom. The third-order valence-electron chi connectivity index (χ3n) is 5.89. The number of carbonyl (C=O) groups excluding carboxylic acids is 1. The van der Waals surface area contributed by atoms with Crippen molar-refractivity contribution in [1.82, 2.24) is 15.1 Å². The normalized spacial score (nSPS) is 19.9. The van der Waals surface area contributed by atoms with Crippen LogP contribution in [0.3, 0.4) is 0 Å². The number of ether oxygens (including phenoxy) is 1. The molecule has 148 valence electrons. The van der Waals surface area contributed by atoms with Gasteiger partial charge in [-0.25, -0.2) is 0 Å². The number of nitrogens with zero attached hydrogens (tertiary/aromatic N) is 4. The topological polar surface area (TPSA) is 58.6 Å². The zero-order valence-corrected chi connectivity index (χ0v) is 16.9. The van der Waals surface area contributed by atoms with Crippen LogP contribution >= 0.6 is 0 Å². The summed E-state index contributed by atoms with van der Waals surface area (Å²) in [6.45, 7) is 10.0. The zero-order chi connectivity index (χ0) is 19.7. The maximum atomic E-state index is 12.5. The number of amides is 1. The third-order valence-corrected chi connectivity index (χ3v) is 5.89. The molecular weight excluding hydrogens is 352 g/mol. The summed E-state index contributed by atoms with van der Waals surface area (Å²) in [5.41, 5.74) is 5.80. The molecule has 2 saturated heterocycles. The second-order valence-electron chi connectivity index (χ2n) is 7.84. The number of anilines is 1. The van der Waals surface area contributed by atoms with E-state index in [2.05, 4.69) is 48.0 Å². The number of piperazine rings is 1. The van der Waals surface area contributed by atoms with Crippen molar-refractivity contribution in [2.24, 2.45) is 0 Å². The van der Waals surface area contributed by atoms with Gasteiger partial charge in [-0.3, -0.25) is 4.79 Å². The predicted octanol–water partition coefficient (Wildman–Crippen LogP) is 2.90. The van der Waals surface area contributed by atoms with Gasteiger partial charge in [0.25, 0.3) is 5.91 Å². The maximum Gasteiger partial charge on any atom is 0.251 e. The van der Waals surface area contributed by atoms with Gasteiger partial charge < -0.3 is 14.5 Å². The summed E-state index contributed by atoms with van der Waals surface area (Å²) in [5, 5.41) is 8.95. The molecule has 4 rings (SSSR count). The molecule has 6 nitrogen and oxygen atoms in total. The molecule has 0 N–H and O–H groups in total. The van der Waals surface area contributed by atoms with E-state index in [0.717, 1.165) is 43.0 Å². The zero-order valence-electron chi connectivity index (χ0n) is 16.9. The minimum atomic E-state index is -0.230. The van der Waals surface area contributed by atoms with Crippen LogP contribution in [-0.2, 0) is 9.53 Å². The smallest absolute Gasteiger partial charge is 0.251 e. The van der Waals surface area contributed by atoms with Crippen LogP contribution < -0.4 is 4.90 Å². The van der Waals surface area contributed by atoms with Crippen molar-refractivity contribution in [3.63, 3.8) is 0 Å². The Labute approximate surface area is 166 Å². The molecule has 2 aliphatic rings. The number of benzene rings is 1. The monoisotopic (exact) mass is 380 g/mol. The van der Waals surface area contributed by atoms with Crippen molar-refractivity contribution in [2.45, 2.75) is 39.7 Å². The first-order valence-corrected chi connectivity index (χ1v) is 10.1. The highest BCUT2D eigenvalue weighted by atomic mass is 16.5. The molecule has 0 spiro atoms. The van der Waals surface area contributed by atoms with E-state index in [1.165, 1.54) is 16.7 Å². The summed E-state index contributed by atoms with van der Waals surface area (Å²) in [6.07, 6.45) is 1.61. The van der Waals surface area contributed by atoms with E-state index >= 15 is 0 Å². The van der Waals surface area contributed by atoms with Crippen molar-refractivity contribution < 1.29 is 9.53 Å². The van der Waals surface area contributed by atoms with E-state index < -0.39 is 0 Å². The average Bonchev–Trinajstić information content (AvgIpc) is 3.25. The van der Waals surface area contributed by atoms with Gasteiger partial charge in [0.15, 0.2) is 5.82 Å². The number of carbonyl (C=O) groups is 1. The number of aromatic nitrogens is 2. The summed E-state index contributed by atoms with van der Waals surface area (Å²) >= 11 is 0. The van der Waals surface area contributed by atoms with Crippen LogP contribution in [0, 0.1) is 20.8 Å². The van der Waals surface area contributed by atoms with Gasteiger partial charge >= 0.3 is 0 Å². The van der Waals surface area contributed by atoms with E-state index in [-0.39, 0.29) is 12.0 Å². The fourth-order valence-corrected chi connectivity index (χ4v) is 4.01. The Morgan fingerprint density at radius 3 is 2.39 bits per heavy atom. The number of aryl methyl sites for hydroxylation is 3. The van der Waals surface area contributed by atoms with Crippen LogP contribution in [0.1, 0.15) is 29.5 Å². The highest BCUT2D eigenvalue weighted by molar-refractivity contribution is 5.81. The Balaban J connectivity index is 1.41. The van der Waals surface area contributed by atoms with Gasteiger partial charge in [-0.15, -0.1) is 10.2 Å². The molecule has 2 fully saturated rings. The summed E-state index contributed by atoms with van der Waals surface area (Å²) in [5.74, 6) is 1.01. The van der Waals surface area contributed by atoms with Gasteiger partial charge in [0.1, 0.15) is 6.10 Å². The fraction of sp³-hybridized carbons (Fsp3) is 0.500. The van der Waals surface area contributed by atoms with Crippen LogP contribution in [0.25, 0.3) is 11.3 Å². The maximum absolute atomic E-state index is 12.5. The Kier molecular flexibility index (Phi) is 5.31. The first-order valence-electron chi connectivity index (χ1n) is 10.1. The van der Waals surface area contributed by atoms with Crippen LogP contribution in [0.4, 0.5) is 5.82 Å². The lowest BCUT2D eigenvalue weighted by molar-refractivity contribution is -0.141. The van der Waals surface area contributed by atoms with Gasteiger partial charge in [-0.2, -0.15) is 0 Å². The third kappa shape index (κ3) is 3.74. The van der Waals surface area contributed by atoms with E-state index in [1.807, 2.05) is 17.0 Å². The predicted molar refractivity (Wildman–Crippen MR) is 109 cm³/mol. The summed E-state index contributed by atoms with van der Waals surface area (Å²) in [7, 11) is 0. The van der Waals surface area contributed by atoms with E-state index in [9.17, 15) is 4.79 Å². The second kappa shape index (κ2) is 7.87. The standard InChI is InChI=1S/C22H28N4O2/c1-15-13-17(3)18(14-16(15)2)19-6-7-21(24-23-19)25-8-10-26(11-9-25)22(27)20-5-4-12-28-20/h6-7,13-14,20H,4-5,8-12H2,1-3H3. The lowest BCUT2D eigenvalue weighted by Gasteiger charge is -2.36. The van der Waals surface area contributed by atoms with Gasteiger partial charge in [0.05, 0.1) is 5.69 Å². The minimum absolute atomic E-state index is 0.142. The van der Waals surface area contributed by atoms with Crippen molar-refractivity contribution >= 4 is 11.7 Å². The average molecular weight is 380 g/mol. The molecule has 2 aromatic rings. The van der Waals surface area contributed by atoms with Crippen molar-refractivity contribution in [3.8, 4) is 11.3 Å². The fourth-order valence-electron chi connectivity index (χ4n) is 4.01. The van der Waals surface area contributed by atoms with Crippen LogP contribution in [-0.4, -0.2) is 59.9 Å². The van der Waals surface area contributed by atoms with Gasteiger partial charge in [-0.05, 0) is 68.5 Å². The summed E-state index contributed by atoms with van der Waals surface area (Å²) < 4.78 is 5.53. The molecule has 1 aromatic carbocycles. The highest BCUT2D eigenvalue weighted by Gasteiger charge is 2.30. The first kappa shape index (κ1) is 18.9. The quantitative estimate of drug-likeness (QED) is 0.819. The molecule has 2 aliphatic heterocycles. The minimum Gasteiger partial charge on any atom is -0.368 e. The van der Waals surface area contributed by atoms with Crippen LogP contribution in [0.5, 0.6) is 0 Å². The largest absolute Gasteiger partial charge is 0.368 e. The van der Waals surface area contributed by atoms with Crippen molar-refractivity contribution in [3.05, 3.63) is 41.0 Å². The molecule has 1 aromatic heterocycles. The summed E-state index contributed by atoms with van der Waals surface area (Å²) in [4.78, 5) is 16.6. The van der Waals surface area contributed by atoms with Gasteiger partial charge in [0.2, 0.25) is 0 Å². The summed E-state index contributed by atoms with van der Waals surface area (Å²) in [6, 6.07) is 8.46. The SMILES string of the molecule is Cc1cc(C)c(-c2ccc(N3CCN(C(=O)C4CCCO4)CC3)nn2)cc1C. The number of hydrogen-bond acceptors (Lipinski definition) is 5. The Morgan fingerprint density at radius 2 is 1.75 bits per heavy atom. The van der Waals surface area contributed by atoms with E-state index in [0.29, 0.717) is 19.7 Å². The Hall–Kier alpha value is -2.47. The molecule has 28 heavy (non-hydrogen) atoms. The van der Waals surface area contributed by atoms with E-state index in [1.54, 1.807) is 0 Å². The molecule has 0 bridgehead atoms. The first-order chi connectivity index (χ1) is 13.5. The molecule has 1 amide bonds.